The van der Waals surface area contributed by atoms with Crippen molar-refractivity contribution in [2.45, 2.75) is 57.0 Å². The topological polar surface area (TPSA) is 170 Å². The maximum atomic E-state index is 13.6. The summed E-state index contributed by atoms with van der Waals surface area (Å²) < 4.78 is 27.1. The lowest BCUT2D eigenvalue weighted by Crippen LogP contribution is -2.43. The zero-order valence-electron chi connectivity index (χ0n) is 20.7. The van der Waals surface area contributed by atoms with E-state index in [4.69, 9.17) is 10.1 Å². The second-order valence-corrected chi connectivity index (χ2v) is 9.35. The molecule has 3 aliphatic heterocycles. The van der Waals surface area contributed by atoms with Gasteiger partial charge in [-0.2, -0.15) is 5.26 Å². The largest absolute Gasteiger partial charge is 0.343 e. The fourth-order valence-electron chi connectivity index (χ4n) is 4.48. The Morgan fingerprint density at radius 3 is 2.54 bits per heavy atom. The van der Waals surface area contributed by atoms with Crippen molar-refractivity contribution >= 4 is 35.5 Å². The molecular formula is C24H24F2N6O7. The smallest absolute Gasteiger partial charge is 0.333 e. The second kappa shape index (κ2) is 11.1. The summed E-state index contributed by atoms with van der Waals surface area (Å²) in [5.74, 6) is -7.06. The van der Waals surface area contributed by atoms with Gasteiger partial charge in [0.15, 0.2) is 0 Å². The summed E-state index contributed by atoms with van der Waals surface area (Å²) in [6.45, 7) is -1.02. The summed E-state index contributed by atoms with van der Waals surface area (Å²) in [5, 5.41) is 11.8. The van der Waals surface area contributed by atoms with E-state index in [0.717, 1.165) is 4.90 Å². The molecular weight excluding hydrogens is 522 g/mol. The number of nitrogens with one attached hydrogen (secondary N) is 1. The quantitative estimate of drug-likeness (QED) is 0.457. The minimum Gasteiger partial charge on any atom is -0.343 e. The molecule has 1 atom stereocenters. The van der Waals surface area contributed by atoms with Crippen molar-refractivity contribution in [3.8, 4) is 6.07 Å². The summed E-state index contributed by atoms with van der Waals surface area (Å²) in [4.78, 5) is 83.6. The van der Waals surface area contributed by atoms with Gasteiger partial charge in [-0.1, -0.05) is 0 Å². The number of hydrogen-bond acceptors (Lipinski definition) is 9. The molecule has 0 spiro atoms. The molecule has 0 aromatic carbocycles. The Morgan fingerprint density at radius 2 is 1.85 bits per heavy atom. The van der Waals surface area contributed by atoms with Crippen LogP contribution in [-0.4, -0.2) is 87.0 Å². The molecule has 0 aliphatic carbocycles. The molecule has 206 valence electrons. The highest BCUT2D eigenvalue weighted by Crippen LogP contribution is 2.31. The fraction of sp³-hybridized carbons (Fsp3) is 0.500. The molecule has 15 heteroatoms. The number of carbonyl (C=O) groups excluding carboxylic acids is 6. The minimum atomic E-state index is -3.16. The number of halogens is 2. The molecule has 0 bridgehead atoms. The van der Waals surface area contributed by atoms with E-state index >= 15 is 0 Å². The van der Waals surface area contributed by atoms with E-state index in [1.807, 2.05) is 0 Å². The molecule has 2 fully saturated rings. The minimum absolute atomic E-state index is 0.0322. The highest BCUT2D eigenvalue weighted by atomic mass is 19.3. The van der Waals surface area contributed by atoms with Gasteiger partial charge in [-0.25, -0.2) is 13.6 Å². The molecule has 1 aromatic heterocycles. The zero-order chi connectivity index (χ0) is 28.3. The van der Waals surface area contributed by atoms with Gasteiger partial charge in [-0.05, 0) is 18.1 Å². The van der Waals surface area contributed by atoms with Crippen LogP contribution in [-0.2, 0) is 41.8 Å². The van der Waals surface area contributed by atoms with Gasteiger partial charge in [-0.3, -0.25) is 29.0 Å². The second-order valence-electron chi connectivity index (χ2n) is 9.35. The first-order valence-corrected chi connectivity index (χ1v) is 12.1. The van der Waals surface area contributed by atoms with E-state index in [1.54, 1.807) is 12.1 Å². The third-order valence-corrected chi connectivity index (χ3v) is 6.55. The van der Waals surface area contributed by atoms with Crippen molar-refractivity contribution < 1.29 is 42.4 Å². The first kappa shape index (κ1) is 27.6. The highest BCUT2D eigenvalue weighted by Gasteiger charge is 2.47. The Morgan fingerprint density at radius 1 is 1.13 bits per heavy atom. The standard InChI is InChI=1S/C24H24F2N6O7/c25-24(26)8-16(9-27)31(13-24)21(36)11-29-23(38)15-7-14-5-6-30(12-17(14)28-10-15)18(33)3-4-22(37)39-32-19(34)1-2-20(32)35/h7,10,16H,1-6,8,11-13H2,(H,29,38)/t16-/m0/s1. The van der Waals surface area contributed by atoms with Crippen LogP contribution in [0.3, 0.4) is 0 Å². The lowest BCUT2D eigenvalue weighted by Gasteiger charge is -2.28. The third kappa shape index (κ3) is 6.33. The first-order valence-electron chi connectivity index (χ1n) is 12.1. The fourth-order valence-corrected chi connectivity index (χ4v) is 4.48. The van der Waals surface area contributed by atoms with Crippen LogP contribution in [0, 0.1) is 11.3 Å². The summed E-state index contributed by atoms with van der Waals surface area (Å²) >= 11 is 0. The van der Waals surface area contributed by atoms with E-state index in [0.29, 0.717) is 22.7 Å². The van der Waals surface area contributed by atoms with Crippen LogP contribution >= 0.6 is 0 Å². The summed E-state index contributed by atoms with van der Waals surface area (Å²) in [6, 6.07) is 1.97. The average molecular weight is 546 g/mol. The number of carbonyl (C=O) groups is 6. The molecule has 0 unspecified atom stereocenters. The SMILES string of the molecule is N#C[C@@H]1CC(F)(F)CN1C(=O)CNC(=O)c1cnc2c(c1)CCN(C(=O)CCC(=O)ON1C(=O)CCC1=O)C2. The summed E-state index contributed by atoms with van der Waals surface area (Å²) in [7, 11) is 0. The average Bonchev–Trinajstić information content (AvgIpc) is 3.41. The van der Waals surface area contributed by atoms with Gasteiger partial charge in [0.1, 0.15) is 6.04 Å². The van der Waals surface area contributed by atoms with E-state index in [1.165, 1.54) is 11.1 Å². The van der Waals surface area contributed by atoms with Crippen molar-refractivity contribution in [2.24, 2.45) is 0 Å². The van der Waals surface area contributed by atoms with Crippen LogP contribution in [0.1, 0.15) is 53.7 Å². The van der Waals surface area contributed by atoms with Gasteiger partial charge in [0.25, 0.3) is 23.6 Å². The number of nitriles is 1. The van der Waals surface area contributed by atoms with Gasteiger partial charge in [0.05, 0.1) is 43.4 Å². The Hall–Kier alpha value is -4.48. The van der Waals surface area contributed by atoms with Crippen LogP contribution in [0.25, 0.3) is 0 Å². The van der Waals surface area contributed by atoms with Crippen LogP contribution in [0.2, 0.25) is 0 Å². The predicted octanol–water partition coefficient (Wildman–Crippen LogP) is -0.157. The van der Waals surface area contributed by atoms with E-state index < -0.39 is 61.1 Å². The Labute approximate surface area is 220 Å². The van der Waals surface area contributed by atoms with Crippen molar-refractivity contribution in [3.63, 3.8) is 0 Å². The normalized spacial score (nSPS) is 19.9. The van der Waals surface area contributed by atoms with E-state index in [9.17, 15) is 37.5 Å². The third-order valence-electron chi connectivity index (χ3n) is 6.55. The number of hydroxylamine groups is 2. The molecule has 4 heterocycles. The maximum Gasteiger partial charge on any atom is 0.333 e. The molecule has 13 nitrogen and oxygen atoms in total. The number of amides is 5. The molecule has 0 saturated carbocycles. The summed E-state index contributed by atoms with van der Waals surface area (Å²) in [5.41, 5.74) is 1.38. The van der Waals surface area contributed by atoms with Gasteiger partial charge in [-0.15, -0.1) is 5.06 Å². The van der Waals surface area contributed by atoms with Gasteiger partial charge in [0, 0.05) is 38.4 Å². The van der Waals surface area contributed by atoms with Gasteiger partial charge in [0.2, 0.25) is 11.8 Å². The number of alkyl halides is 2. The van der Waals surface area contributed by atoms with Crippen molar-refractivity contribution in [1.82, 2.24) is 25.2 Å². The molecule has 5 amide bonds. The number of nitrogens with zero attached hydrogens (tertiary/aromatic N) is 5. The molecule has 1 N–H and O–H groups in total. The number of pyridine rings is 1. The van der Waals surface area contributed by atoms with Gasteiger partial charge < -0.3 is 20.0 Å². The molecule has 3 aliphatic rings. The number of likely N-dealkylation sites (tertiary alicyclic amines) is 1. The zero-order valence-corrected chi connectivity index (χ0v) is 20.7. The van der Waals surface area contributed by atoms with Crippen LogP contribution < -0.4 is 5.32 Å². The lowest BCUT2D eigenvalue weighted by molar-refractivity contribution is -0.197. The number of aromatic nitrogens is 1. The summed E-state index contributed by atoms with van der Waals surface area (Å²) in [6.07, 6.45) is 0.286. The highest BCUT2D eigenvalue weighted by molar-refractivity contribution is 6.01. The molecule has 0 radical (unpaired) electrons. The van der Waals surface area contributed by atoms with Crippen molar-refractivity contribution in [3.05, 3.63) is 29.1 Å². The van der Waals surface area contributed by atoms with Crippen molar-refractivity contribution in [1.29, 1.82) is 5.26 Å². The predicted molar refractivity (Wildman–Crippen MR) is 123 cm³/mol. The Bertz CT molecular complexity index is 1260. The molecule has 39 heavy (non-hydrogen) atoms. The number of imide groups is 1. The first-order chi connectivity index (χ1) is 18.5. The van der Waals surface area contributed by atoms with Crippen LogP contribution in [0.5, 0.6) is 0 Å². The molecule has 4 rings (SSSR count). The maximum absolute atomic E-state index is 13.6. The molecule has 1 aromatic rings. The van der Waals surface area contributed by atoms with Crippen molar-refractivity contribution in [2.75, 3.05) is 19.6 Å². The Kier molecular flexibility index (Phi) is 7.84. The number of fused-ring (bicyclic) bond motifs is 1. The monoisotopic (exact) mass is 546 g/mol. The number of hydrogen-bond donors (Lipinski definition) is 1. The molecule has 2 saturated heterocycles. The van der Waals surface area contributed by atoms with E-state index in [-0.39, 0.29) is 50.2 Å². The Balaban J connectivity index is 1.26. The lowest BCUT2D eigenvalue weighted by atomic mass is 10.0. The number of rotatable bonds is 7. The van der Waals surface area contributed by atoms with E-state index in [2.05, 4.69) is 10.3 Å². The van der Waals surface area contributed by atoms with Crippen LogP contribution in [0.15, 0.2) is 12.3 Å². The van der Waals surface area contributed by atoms with Gasteiger partial charge >= 0.3 is 5.97 Å². The van der Waals surface area contributed by atoms with Crippen LogP contribution in [0.4, 0.5) is 8.78 Å².